The van der Waals surface area contributed by atoms with Crippen LogP contribution in [0.15, 0.2) is 65.8 Å². The Labute approximate surface area is 211 Å². The maximum Gasteiger partial charge on any atom is 0.193 e. The number of nitrogens with zero attached hydrogens (tertiary/aromatic N) is 4. The van der Waals surface area contributed by atoms with Crippen molar-refractivity contribution in [2.24, 2.45) is 10.7 Å². The number of hydrogen-bond donors (Lipinski definition) is 2. The minimum absolute atomic E-state index is 0. The summed E-state index contributed by atoms with van der Waals surface area (Å²) in [7, 11) is 0. The lowest BCUT2D eigenvalue weighted by atomic mass is 10.1. The molecular weight excluding hydrogens is 530 g/mol. The summed E-state index contributed by atoms with van der Waals surface area (Å²) < 4.78 is 13.2. The van der Waals surface area contributed by atoms with E-state index < -0.39 is 0 Å². The van der Waals surface area contributed by atoms with Crippen LogP contribution >= 0.6 is 24.0 Å². The van der Waals surface area contributed by atoms with Crippen LogP contribution in [0.1, 0.15) is 16.7 Å². The summed E-state index contributed by atoms with van der Waals surface area (Å²) in [6.07, 6.45) is 1.82. The molecule has 0 radical (unpaired) electrons. The van der Waals surface area contributed by atoms with E-state index in [0.717, 1.165) is 48.9 Å². The Kier molecular flexibility index (Phi) is 8.49. The Balaban J connectivity index is 0.00000306. The number of piperazine rings is 1. The summed E-state index contributed by atoms with van der Waals surface area (Å²) in [6, 6.07) is 16.8. The Morgan fingerprint density at radius 1 is 0.970 bits per heavy atom. The number of guanidine groups is 1. The molecule has 0 spiro atoms. The molecule has 0 unspecified atom stereocenters. The molecular formula is C25H30FIN6. The van der Waals surface area contributed by atoms with Crippen LogP contribution in [0.4, 0.5) is 21.6 Å². The molecule has 33 heavy (non-hydrogen) atoms. The van der Waals surface area contributed by atoms with Gasteiger partial charge in [-0.1, -0.05) is 6.07 Å². The van der Waals surface area contributed by atoms with Crippen molar-refractivity contribution < 1.29 is 4.39 Å². The molecule has 2 aromatic carbocycles. The van der Waals surface area contributed by atoms with Crippen molar-refractivity contribution in [2.75, 3.05) is 41.3 Å². The number of aryl methyl sites for hydroxylation is 2. The van der Waals surface area contributed by atoms with Crippen LogP contribution < -0.4 is 20.9 Å². The molecule has 8 heteroatoms. The number of anilines is 3. The second-order valence-corrected chi connectivity index (χ2v) is 8.10. The van der Waals surface area contributed by atoms with Gasteiger partial charge in [0.05, 0.1) is 6.54 Å². The molecule has 0 bridgehead atoms. The van der Waals surface area contributed by atoms with E-state index in [1.54, 1.807) is 0 Å². The molecule has 6 nitrogen and oxygen atoms in total. The molecule has 0 atom stereocenters. The molecule has 0 aliphatic carbocycles. The zero-order valence-corrected chi connectivity index (χ0v) is 21.3. The summed E-state index contributed by atoms with van der Waals surface area (Å²) in [6.45, 7) is 8.08. The minimum Gasteiger partial charge on any atom is -0.370 e. The molecule has 1 aromatic heterocycles. The fourth-order valence-corrected chi connectivity index (χ4v) is 3.76. The smallest absolute Gasteiger partial charge is 0.193 e. The highest BCUT2D eigenvalue weighted by Crippen LogP contribution is 2.20. The first-order valence-corrected chi connectivity index (χ1v) is 10.8. The summed E-state index contributed by atoms with van der Waals surface area (Å²) in [5.41, 5.74) is 11.6. The largest absolute Gasteiger partial charge is 0.370 e. The van der Waals surface area contributed by atoms with Crippen molar-refractivity contribution in [1.29, 1.82) is 0 Å². The molecule has 174 valence electrons. The van der Waals surface area contributed by atoms with E-state index in [1.165, 1.54) is 23.3 Å². The van der Waals surface area contributed by atoms with Gasteiger partial charge in [-0.3, -0.25) is 0 Å². The van der Waals surface area contributed by atoms with Crippen LogP contribution in [-0.2, 0) is 6.54 Å². The standard InChI is InChI=1S/C25H29FN6.HI/c1-18-3-6-22(15-19(18)2)30-25(27)29-17-20-9-10-28-24(16-20)32-13-11-31(12-14-32)23-7-4-21(26)5-8-23;/h3-10,15-16H,11-14,17H2,1-2H3,(H3,27,29,30);1H. The van der Waals surface area contributed by atoms with E-state index in [2.05, 4.69) is 57.1 Å². The number of halogens is 2. The topological polar surface area (TPSA) is 69.8 Å². The lowest BCUT2D eigenvalue weighted by molar-refractivity contribution is 0.624. The van der Waals surface area contributed by atoms with Crippen LogP contribution in [0.25, 0.3) is 0 Å². The second-order valence-electron chi connectivity index (χ2n) is 8.10. The second kappa shape index (κ2) is 11.3. The van der Waals surface area contributed by atoms with Crippen molar-refractivity contribution in [3.63, 3.8) is 0 Å². The summed E-state index contributed by atoms with van der Waals surface area (Å²) in [5, 5.41) is 3.15. The average molecular weight is 560 g/mol. The molecule has 0 amide bonds. The Bertz CT molecular complexity index is 1090. The van der Waals surface area contributed by atoms with Gasteiger partial charge in [0.15, 0.2) is 5.96 Å². The minimum atomic E-state index is -0.208. The van der Waals surface area contributed by atoms with Gasteiger partial charge in [-0.15, -0.1) is 24.0 Å². The summed E-state index contributed by atoms with van der Waals surface area (Å²) in [4.78, 5) is 13.6. The fourth-order valence-electron chi connectivity index (χ4n) is 3.76. The van der Waals surface area contributed by atoms with Crippen LogP contribution in [0, 0.1) is 19.7 Å². The monoisotopic (exact) mass is 560 g/mol. The highest BCUT2D eigenvalue weighted by molar-refractivity contribution is 14.0. The molecule has 3 aromatic rings. The summed E-state index contributed by atoms with van der Waals surface area (Å²) >= 11 is 0. The zero-order chi connectivity index (χ0) is 22.5. The van der Waals surface area contributed by atoms with Gasteiger partial charge in [-0.2, -0.15) is 0 Å². The van der Waals surface area contributed by atoms with Gasteiger partial charge in [0.1, 0.15) is 11.6 Å². The van der Waals surface area contributed by atoms with Gasteiger partial charge in [-0.05, 0) is 79.1 Å². The zero-order valence-electron chi connectivity index (χ0n) is 19.0. The number of hydrogen-bond acceptors (Lipinski definition) is 4. The van der Waals surface area contributed by atoms with E-state index >= 15 is 0 Å². The first kappa shape index (κ1) is 24.8. The molecule has 0 saturated carbocycles. The lowest BCUT2D eigenvalue weighted by Crippen LogP contribution is -2.46. The van der Waals surface area contributed by atoms with E-state index in [-0.39, 0.29) is 29.8 Å². The molecule has 1 aliphatic heterocycles. The number of benzene rings is 2. The van der Waals surface area contributed by atoms with E-state index in [4.69, 9.17) is 5.73 Å². The van der Waals surface area contributed by atoms with E-state index in [1.807, 2.05) is 30.5 Å². The van der Waals surface area contributed by atoms with Crippen LogP contribution in [0.5, 0.6) is 0 Å². The number of nitrogens with two attached hydrogens (primary N) is 1. The van der Waals surface area contributed by atoms with Crippen molar-refractivity contribution in [3.05, 3.63) is 83.3 Å². The van der Waals surface area contributed by atoms with Crippen LogP contribution in [-0.4, -0.2) is 37.1 Å². The maximum absolute atomic E-state index is 13.2. The third kappa shape index (κ3) is 6.56. The maximum atomic E-state index is 13.2. The number of aliphatic imine (C=N–C) groups is 1. The van der Waals surface area contributed by atoms with Crippen molar-refractivity contribution >= 4 is 47.1 Å². The Hall–Kier alpha value is -2.88. The fraction of sp³-hybridized carbons (Fsp3) is 0.280. The Morgan fingerprint density at radius 3 is 2.36 bits per heavy atom. The number of pyridine rings is 1. The number of rotatable bonds is 5. The predicted molar refractivity (Wildman–Crippen MR) is 145 cm³/mol. The summed E-state index contributed by atoms with van der Waals surface area (Å²) in [5.74, 6) is 1.12. The van der Waals surface area contributed by atoms with Crippen LogP contribution in [0.2, 0.25) is 0 Å². The van der Waals surface area contributed by atoms with Crippen molar-refractivity contribution in [3.8, 4) is 0 Å². The third-order valence-corrected chi connectivity index (χ3v) is 5.82. The lowest BCUT2D eigenvalue weighted by Gasteiger charge is -2.36. The van der Waals surface area contributed by atoms with E-state index in [9.17, 15) is 4.39 Å². The van der Waals surface area contributed by atoms with Gasteiger partial charge in [0, 0.05) is 43.8 Å². The van der Waals surface area contributed by atoms with E-state index in [0.29, 0.717) is 12.5 Å². The van der Waals surface area contributed by atoms with Gasteiger partial charge >= 0.3 is 0 Å². The van der Waals surface area contributed by atoms with Gasteiger partial charge < -0.3 is 20.9 Å². The van der Waals surface area contributed by atoms with Gasteiger partial charge in [-0.25, -0.2) is 14.4 Å². The predicted octanol–water partition coefficient (Wildman–Crippen LogP) is 4.71. The normalized spacial score (nSPS) is 14.1. The number of nitrogens with one attached hydrogen (secondary N) is 1. The van der Waals surface area contributed by atoms with Gasteiger partial charge in [0.2, 0.25) is 0 Å². The van der Waals surface area contributed by atoms with Gasteiger partial charge in [0.25, 0.3) is 0 Å². The Morgan fingerprint density at radius 2 is 1.67 bits per heavy atom. The average Bonchev–Trinajstić information content (AvgIpc) is 2.81. The SMILES string of the molecule is Cc1ccc(NC(N)=NCc2ccnc(N3CCN(c4ccc(F)cc4)CC3)c2)cc1C.I. The quantitative estimate of drug-likeness (QED) is 0.269. The molecule has 1 aliphatic rings. The molecule has 4 rings (SSSR count). The first-order chi connectivity index (χ1) is 15.5. The molecule has 3 N–H and O–H groups in total. The van der Waals surface area contributed by atoms with Crippen molar-refractivity contribution in [1.82, 2.24) is 4.98 Å². The van der Waals surface area contributed by atoms with Crippen molar-refractivity contribution in [2.45, 2.75) is 20.4 Å². The first-order valence-electron chi connectivity index (χ1n) is 10.8. The van der Waals surface area contributed by atoms with Crippen LogP contribution in [0.3, 0.4) is 0 Å². The third-order valence-electron chi connectivity index (χ3n) is 5.82. The molecule has 1 fully saturated rings. The number of aromatic nitrogens is 1. The highest BCUT2D eigenvalue weighted by atomic mass is 127. The molecule has 1 saturated heterocycles. The highest BCUT2D eigenvalue weighted by Gasteiger charge is 2.18. The molecule has 2 heterocycles.